The molecule has 1 aliphatic rings. The molecule has 0 amide bonds. The minimum Gasteiger partial charge on any atom is -0.329 e. The Balaban J connectivity index is 2.27. The van der Waals surface area contributed by atoms with E-state index >= 15 is 0 Å². The molecule has 0 saturated carbocycles. The zero-order valence-corrected chi connectivity index (χ0v) is 9.58. The quantitative estimate of drug-likeness (QED) is 0.593. The van der Waals surface area contributed by atoms with Crippen LogP contribution in [0.3, 0.4) is 0 Å². The van der Waals surface area contributed by atoms with Gasteiger partial charge in [-0.25, -0.2) is 13.4 Å². The van der Waals surface area contributed by atoms with Crippen LogP contribution in [0, 0.1) is 0 Å². The van der Waals surface area contributed by atoms with E-state index in [4.69, 9.17) is 10.7 Å². The molecule has 0 aliphatic heterocycles. The van der Waals surface area contributed by atoms with Gasteiger partial charge in [0.1, 0.15) is 0 Å². The molecular weight excluding hydrogens is 236 g/mol. The predicted octanol–water partition coefficient (Wildman–Crippen LogP) is 2.09. The van der Waals surface area contributed by atoms with Crippen molar-refractivity contribution < 1.29 is 8.42 Å². The Morgan fingerprint density at radius 3 is 2.87 bits per heavy atom. The Morgan fingerprint density at radius 1 is 1.53 bits per heavy atom. The Labute approximate surface area is 93.0 Å². The second-order valence-corrected chi connectivity index (χ2v) is 6.04. The van der Waals surface area contributed by atoms with Gasteiger partial charge in [-0.05, 0) is 19.3 Å². The molecular formula is C9H11ClN2O2S. The van der Waals surface area contributed by atoms with E-state index in [2.05, 4.69) is 17.1 Å². The molecule has 1 unspecified atom stereocenters. The van der Waals surface area contributed by atoms with Crippen LogP contribution in [-0.2, 0) is 9.05 Å². The maximum Gasteiger partial charge on any atom is 0.280 e. The van der Waals surface area contributed by atoms with E-state index in [0.717, 1.165) is 19.3 Å². The smallest absolute Gasteiger partial charge is 0.280 e. The highest BCUT2D eigenvalue weighted by atomic mass is 35.7. The van der Waals surface area contributed by atoms with E-state index in [-0.39, 0.29) is 11.1 Å². The van der Waals surface area contributed by atoms with Crippen molar-refractivity contribution in [1.82, 2.24) is 9.55 Å². The summed E-state index contributed by atoms with van der Waals surface area (Å²) in [5.41, 5.74) is 0. The molecule has 0 fully saturated rings. The highest BCUT2D eigenvalue weighted by Crippen LogP contribution is 2.23. The Morgan fingerprint density at radius 2 is 2.33 bits per heavy atom. The molecule has 1 aromatic heterocycles. The zero-order chi connectivity index (χ0) is 10.9. The average molecular weight is 247 g/mol. The molecule has 4 nitrogen and oxygen atoms in total. The maximum absolute atomic E-state index is 11.0. The van der Waals surface area contributed by atoms with Crippen LogP contribution in [0.1, 0.15) is 25.3 Å². The fourth-order valence-electron chi connectivity index (χ4n) is 1.67. The summed E-state index contributed by atoms with van der Waals surface area (Å²) >= 11 is 0. The molecule has 82 valence electrons. The number of hydrogen-bond donors (Lipinski definition) is 0. The first kappa shape index (κ1) is 10.7. The highest BCUT2D eigenvalue weighted by Gasteiger charge is 2.16. The van der Waals surface area contributed by atoms with Crippen LogP contribution in [0.5, 0.6) is 0 Å². The van der Waals surface area contributed by atoms with Gasteiger partial charge in [-0.2, -0.15) is 0 Å². The molecule has 0 saturated heterocycles. The molecule has 2 rings (SSSR count). The normalized spacial score (nSPS) is 21.8. The van der Waals surface area contributed by atoms with Crippen molar-refractivity contribution in [2.75, 3.05) is 0 Å². The van der Waals surface area contributed by atoms with Crippen molar-refractivity contribution in [3.8, 4) is 0 Å². The van der Waals surface area contributed by atoms with Crippen LogP contribution in [0.15, 0.2) is 29.7 Å². The first-order chi connectivity index (χ1) is 7.07. The summed E-state index contributed by atoms with van der Waals surface area (Å²) in [5.74, 6) is 0. The highest BCUT2D eigenvalue weighted by molar-refractivity contribution is 8.13. The van der Waals surface area contributed by atoms with Gasteiger partial charge in [0.15, 0.2) is 5.03 Å². The van der Waals surface area contributed by atoms with Gasteiger partial charge in [-0.3, -0.25) is 0 Å². The van der Waals surface area contributed by atoms with E-state index in [0.29, 0.717) is 0 Å². The molecule has 0 radical (unpaired) electrons. The molecule has 15 heavy (non-hydrogen) atoms. The number of hydrogen-bond acceptors (Lipinski definition) is 3. The number of nitrogens with zero attached hydrogens (tertiary/aromatic N) is 2. The lowest BCUT2D eigenvalue weighted by Crippen LogP contribution is -2.06. The van der Waals surface area contributed by atoms with E-state index < -0.39 is 9.05 Å². The van der Waals surface area contributed by atoms with Crippen molar-refractivity contribution in [2.24, 2.45) is 0 Å². The van der Waals surface area contributed by atoms with Gasteiger partial charge >= 0.3 is 0 Å². The lowest BCUT2D eigenvalue weighted by Gasteiger charge is -2.16. The predicted molar refractivity (Wildman–Crippen MR) is 57.3 cm³/mol. The maximum atomic E-state index is 11.0. The van der Waals surface area contributed by atoms with Crippen molar-refractivity contribution in [3.63, 3.8) is 0 Å². The third-order valence-electron chi connectivity index (χ3n) is 2.44. The summed E-state index contributed by atoms with van der Waals surface area (Å²) in [6.45, 7) is 0. The summed E-state index contributed by atoms with van der Waals surface area (Å²) in [6.07, 6.45) is 10.4. The topological polar surface area (TPSA) is 52.0 Å². The SMILES string of the molecule is O=S(=O)(Cl)c1cn(C2C=CCCC2)cn1. The van der Waals surface area contributed by atoms with Crippen LogP contribution in [0.2, 0.25) is 0 Å². The van der Waals surface area contributed by atoms with Gasteiger partial charge in [-0.1, -0.05) is 12.2 Å². The van der Waals surface area contributed by atoms with E-state index in [1.807, 2.05) is 0 Å². The van der Waals surface area contributed by atoms with Gasteiger partial charge in [0.05, 0.1) is 12.4 Å². The number of allylic oxidation sites excluding steroid dienone is 2. The molecule has 0 bridgehead atoms. The van der Waals surface area contributed by atoms with Crippen LogP contribution in [0.4, 0.5) is 0 Å². The number of halogens is 1. The largest absolute Gasteiger partial charge is 0.329 e. The lowest BCUT2D eigenvalue weighted by molar-refractivity contribution is 0.516. The molecule has 0 aromatic carbocycles. The fourth-order valence-corrected chi connectivity index (χ4v) is 2.33. The number of aromatic nitrogens is 2. The Hall–Kier alpha value is -0.810. The Bertz CT molecular complexity index is 478. The monoisotopic (exact) mass is 246 g/mol. The van der Waals surface area contributed by atoms with Crippen molar-refractivity contribution in [3.05, 3.63) is 24.7 Å². The molecule has 1 heterocycles. The van der Waals surface area contributed by atoms with E-state index in [1.165, 1.54) is 12.5 Å². The molecule has 1 aliphatic carbocycles. The average Bonchev–Trinajstić information content (AvgIpc) is 2.67. The fraction of sp³-hybridized carbons (Fsp3) is 0.444. The van der Waals surface area contributed by atoms with Gasteiger partial charge in [0, 0.05) is 16.9 Å². The van der Waals surface area contributed by atoms with Gasteiger partial charge in [0.2, 0.25) is 0 Å². The number of rotatable bonds is 2. The summed E-state index contributed by atoms with van der Waals surface area (Å²) < 4.78 is 23.8. The molecule has 6 heteroatoms. The summed E-state index contributed by atoms with van der Waals surface area (Å²) in [5, 5.41) is -0.0804. The van der Waals surface area contributed by atoms with E-state index in [9.17, 15) is 8.42 Å². The Kier molecular flexibility index (Phi) is 2.84. The second-order valence-electron chi connectivity index (χ2n) is 3.52. The van der Waals surface area contributed by atoms with E-state index in [1.54, 1.807) is 4.57 Å². The molecule has 1 aromatic rings. The van der Waals surface area contributed by atoms with Gasteiger partial charge < -0.3 is 4.57 Å². The first-order valence-corrected chi connectivity index (χ1v) is 7.03. The lowest BCUT2D eigenvalue weighted by atomic mass is 10.0. The molecule has 0 N–H and O–H groups in total. The van der Waals surface area contributed by atoms with Crippen molar-refractivity contribution in [2.45, 2.75) is 30.3 Å². The van der Waals surface area contributed by atoms with Crippen molar-refractivity contribution in [1.29, 1.82) is 0 Å². The minimum atomic E-state index is -3.70. The van der Waals surface area contributed by atoms with Crippen LogP contribution in [0.25, 0.3) is 0 Å². The van der Waals surface area contributed by atoms with Gasteiger partial charge in [-0.15, -0.1) is 0 Å². The number of imidazole rings is 1. The summed E-state index contributed by atoms with van der Waals surface area (Å²) in [4.78, 5) is 3.77. The third-order valence-corrected chi connectivity index (χ3v) is 3.62. The molecule has 0 spiro atoms. The summed E-state index contributed by atoms with van der Waals surface area (Å²) in [7, 11) is 1.48. The van der Waals surface area contributed by atoms with Crippen LogP contribution in [-0.4, -0.2) is 18.0 Å². The van der Waals surface area contributed by atoms with Crippen molar-refractivity contribution >= 4 is 19.7 Å². The second kappa shape index (κ2) is 3.98. The molecule has 1 atom stereocenters. The zero-order valence-electron chi connectivity index (χ0n) is 8.01. The first-order valence-electron chi connectivity index (χ1n) is 4.72. The van der Waals surface area contributed by atoms with Crippen LogP contribution < -0.4 is 0 Å². The standard InChI is InChI=1S/C9H11ClN2O2S/c10-15(13,14)9-6-12(7-11-9)8-4-2-1-3-5-8/h2,4,6-8H,1,3,5H2. The minimum absolute atomic E-state index is 0.0804. The van der Waals surface area contributed by atoms with Crippen LogP contribution >= 0.6 is 10.7 Å². The summed E-state index contributed by atoms with van der Waals surface area (Å²) in [6, 6.07) is 0.207. The van der Waals surface area contributed by atoms with Gasteiger partial charge in [0.25, 0.3) is 9.05 Å². The third kappa shape index (κ3) is 2.41.